The van der Waals surface area contributed by atoms with Gasteiger partial charge in [0.15, 0.2) is 0 Å². The Morgan fingerprint density at radius 2 is 1.73 bits per heavy atom. The summed E-state index contributed by atoms with van der Waals surface area (Å²) in [6, 6.07) is 0. The SMILES string of the molecule is C=CCC(=O)O.O=P(O)(O)O. The summed E-state index contributed by atoms with van der Waals surface area (Å²) in [7, 11) is -4.64. The van der Waals surface area contributed by atoms with Crippen LogP contribution in [0.5, 0.6) is 0 Å². The fourth-order valence-corrected chi connectivity index (χ4v) is 0.123. The van der Waals surface area contributed by atoms with E-state index in [2.05, 4.69) is 6.58 Å². The van der Waals surface area contributed by atoms with Crippen molar-refractivity contribution >= 4 is 13.8 Å². The van der Waals surface area contributed by atoms with Gasteiger partial charge >= 0.3 is 13.8 Å². The predicted molar refractivity (Wildman–Crippen MR) is 36.7 cm³/mol. The Balaban J connectivity index is 0. The van der Waals surface area contributed by atoms with Crippen LogP contribution in [0.3, 0.4) is 0 Å². The molecule has 0 fully saturated rings. The van der Waals surface area contributed by atoms with Crippen molar-refractivity contribution in [2.24, 2.45) is 0 Å². The molecule has 0 rings (SSSR count). The lowest BCUT2D eigenvalue weighted by Crippen LogP contribution is -1.88. The highest BCUT2D eigenvalue weighted by Crippen LogP contribution is 2.25. The molecule has 0 bridgehead atoms. The standard InChI is InChI=1S/C4H6O2.H3O4P/c1-2-3-4(5)6;1-5(2,3)4/h2H,1,3H2,(H,5,6);(H3,1,2,3,4). The molecule has 0 saturated heterocycles. The van der Waals surface area contributed by atoms with Crippen LogP contribution < -0.4 is 0 Å². The first kappa shape index (κ1) is 12.9. The van der Waals surface area contributed by atoms with Crippen molar-refractivity contribution in [2.45, 2.75) is 6.42 Å². The van der Waals surface area contributed by atoms with Crippen molar-refractivity contribution in [2.75, 3.05) is 0 Å². The Morgan fingerprint density at radius 3 is 1.73 bits per heavy atom. The largest absolute Gasteiger partial charge is 0.481 e. The predicted octanol–water partition coefficient (Wildman–Crippen LogP) is -0.282. The second kappa shape index (κ2) is 6.06. The van der Waals surface area contributed by atoms with Gasteiger partial charge in [0.05, 0.1) is 6.42 Å². The lowest BCUT2D eigenvalue weighted by Gasteiger charge is -1.82. The first-order chi connectivity index (χ1) is 4.77. The summed E-state index contributed by atoms with van der Waals surface area (Å²) < 4.78 is 8.88. The summed E-state index contributed by atoms with van der Waals surface area (Å²) in [6.07, 6.45) is 1.41. The molecule has 7 heteroatoms. The van der Waals surface area contributed by atoms with Crippen LogP contribution in [0.4, 0.5) is 0 Å². The second-order valence-electron chi connectivity index (χ2n) is 1.40. The van der Waals surface area contributed by atoms with Gasteiger partial charge in [-0.1, -0.05) is 6.08 Å². The number of phosphoric acid groups is 1. The van der Waals surface area contributed by atoms with E-state index in [1.807, 2.05) is 0 Å². The molecule has 0 aliphatic heterocycles. The van der Waals surface area contributed by atoms with Gasteiger partial charge in [-0.15, -0.1) is 6.58 Å². The maximum absolute atomic E-state index is 9.53. The van der Waals surface area contributed by atoms with Crippen LogP contribution in [0.25, 0.3) is 0 Å². The van der Waals surface area contributed by atoms with Crippen LogP contribution in [0.2, 0.25) is 0 Å². The number of aliphatic carboxylic acids is 1. The Hall–Kier alpha value is -0.680. The molecule has 0 aliphatic rings. The number of hydrogen-bond acceptors (Lipinski definition) is 2. The zero-order chi connectivity index (χ0) is 9.49. The molecule has 0 atom stereocenters. The van der Waals surface area contributed by atoms with Crippen LogP contribution in [0.15, 0.2) is 12.7 Å². The summed E-state index contributed by atoms with van der Waals surface area (Å²) in [4.78, 5) is 31.1. The average Bonchev–Trinajstić information content (AvgIpc) is 1.58. The van der Waals surface area contributed by atoms with Crippen LogP contribution in [0.1, 0.15) is 6.42 Å². The molecule has 66 valence electrons. The monoisotopic (exact) mass is 184 g/mol. The van der Waals surface area contributed by atoms with E-state index in [9.17, 15) is 4.79 Å². The zero-order valence-electron chi connectivity index (χ0n) is 5.54. The maximum Gasteiger partial charge on any atom is 0.466 e. The molecule has 0 amide bonds. The lowest BCUT2D eigenvalue weighted by molar-refractivity contribution is -0.135. The van der Waals surface area contributed by atoms with Gasteiger partial charge in [0.25, 0.3) is 0 Å². The molecular weight excluding hydrogens is 175 g/mol. The molecule has 0 aromatic carbocycles. The number of hydrogen-bond donors (Lipinski definition) is 4. The highest BCUT2D eigenvalue weighted by atomic mass is 31.2. The molecule has 0 aromatic heterocycles. The van der Waals surface area contributed by atoms with Crippen molar-refractivity contribution in [3.8, 4) is 0 Å². The van der Waals surface area contributed by atoms with Gasteiger partial charge in [0.1, 0.15) is 0 Å². The van der Waals surface area contributed by atoms with E-state index >= 15 is 0 Å². The fraction of sp³-hybridized carbons (Fsp3) is 0.250. The van der Waals surface area contributed by atoms with Gasteiger partial charge in [0.2, 0.25) is 0 Å². The molecule has 0 aromatic rings. The highest BCUT2D eigenvalue weighted by molar-refractivity contribution is 7.45. The Kier molecular flexibility index (Phi) is 7.13. The molecule has 0 radical (unpaired) electrons. The summed E-state index contributed by atoms with van der Waals surface area (Å²) in [6.45, 7) is 3.22. The first-order valence-electron chi connectivity index (χ1n) is 2.38. The summed E-state index contributed by atoms with van der Waals surface area (Å²) >= 11 is 0. The number of carboxylic acid groups (broad SMARTS) is 1. The van der Waals surface area contributed by atoms with Crippen LogP contribution >= 0.6 is 7.82 Å². The Bertz CT molecular complexity index is 161. The smallest absolute Gasteiger partial charge is 0.466 e. The molecule has 0 unspecified atom stereocenters. The molecule has 11 heavy (non-hydrogen) atoms. The minimum absolute atomic E-state index is 0.0556. The lowest BCUT2D eigenvalue weighted by atomic mass is 10.4. The van der Waals surface area contributed by atoms with E-state index in [1.54, 1.807) is 0 Å². The van der Waals surface area contributed by atoms with Gasteiger partial charge in [-0.05, 0) is 0 Å². The van der Waals surface area contributed by atoms with Gasteiger partial charge < -0.3 is 19.8 Å². The normalized spacial score (nSPS) is 9.36. The Labute approximate surface area is 63.0 Å². The minimum Gasteiger partial charge on any atom is -0.481 e. The molecule has 0 spiro atoms. The first-order valence-corrected chi connectivity index (χ1v) is 3.95. The molecular formula is C4H9O6P. The van der Waals surface area contributed by atoms with Crippen molar-refractivity contribution in [1.29, 1.82) is 0 Å². The van der Waals surface area contributed by atoms with E-state index in [1.165, 1.54) is 6.08 Å². The Morgan fingerprint density at radius 1 is 1.45 bits per heavy atom. The zero-order valence-corrected chi connectivity index (χ0v) is 6.44. The average molecular weight is 184 g/mol. The summed E-state index contributed by atoms with van der Waals surface area (Å²) in [5.74, 6) is -0.829. The molecule has 0 heterocycles. The van der Waals surface area contributed by atoms with Gasteiger partial charge in [0, 0.05) is 0 Å². The molecule has 6 nitrogen and oxygen atoms in total. The third-order valence-electron chi connectivity index (χ3n) is 0.319. The third kappa shape index (κ3) is 92.8. The molecule has 0 saturated carbocycles. The second-order valence-corrected chi connectivity index (χ2v) is 2.43. The number of carboxylic acids is 1. The number of rotatable bonds is 2. The van der Waals surface area contributed by atoms with E-state index in [0.717, 1.165) is 0 Å². The van der Waals surface area contributed by atoms with E-state index in [4.69, 9.17) is 24.4 Å². The van der Waals surface area contributed by atoms with E-state index in [0.29, 0.717) is 0 Å². The molecule has 4 N–H and O–H groups in total. The van der Waals surface area contributed by atoms with Crippen molar-refractivity contribution in [3.63, 3.8) is 0 Å². The highest BCUT2D eigenvalue weighted by Gasteiger charge is 2.00. The summed E-state index contributed by atoms with van der Waals surface area (Å²) in [5.41, 5.74) is 0. The van der Waals surface area contributed by atoms with Gasteiger partial charge in [-0.3, -0.25) is 4.79 Å². The van der Waals surface area contributed by atoms with E-state index in [-0.39, 0.29) is 6.42 Å². The third-order valence-corrected chi connectivity index (χ3v) is 0.319. The van der Waals surface area contributed by atoms with Gasteiger partial charge in [-0.25, -0.2) is 4.57 Å². The maximum atomic E-state index is 9.53. The van der Waals surface area contributed by atoms with Crippen molar-refractivity contribution in [1.82, 2.24) is 0 Å². The quantitative estimate of drug-likeness (QED) is 0.346. The van der Waals surface area contributed by atoms with Crippen molar-refractivity contribution < 1.29 is 29.1 Å². The van der Waals surface area contributed by atoms with Gasteiger partial charge in [-0.2, -0.15) is 0 Å². The topological polar surface area (TPSA) is 115 Å². The minimum atomic E-state index is -4.64. The number of carbonyl (C=O) groups is 1. The van der Waals surface area contributed by atoms with Crippen molar-refractivity contribution in [3.05, 3.63) is 12.7 Å². The van der Waals surface area contributed by atoms with Crippen LogP contribution in [-0.4, -0.2) is 25.8 Å². The van der Waals surface area contributed by atoms with E-state index < -0.39 is 13.8 Å². The molecule has 0 aliphatic carbocycles. The summed E-state index contributed by atoms with van der Waals surface area (Å²) in [5, 5.41) is 7.84. The van der Waals surface area contributed by atoms with Crippen LogP contribution in [-0.2, 0) is 9.36 Å². The fourth-order valence-electron chi connectivity index (χ4n) is 0.123. The van der Waals surface area contributed by atoms with Crippen LogP contribution in [0, 0.1) is 0 Å².